The fourth-order valence-electron chi connectivity index (χ4n) is 1.58. The highest BCUT2D eigenvalue weighted by atomic mass is 16.5. The molecule has 0 atom stereocenters. The quantitative estimate of drug-likeness (QED) is 0.660. The van der Waals surface area contributed by atoms with Gasteiger partial charge in [0.15, 0.2) is 0 Å². The zero-order valence-electron chi connectivity index (χ0n) is 10.9. The van der Waals surface area contributed by atoms with Crippen molar-refractivity contribution in [1.82, 2.24) is 14.5 Å². The number of ether oxygens (including phenoxy) is 1. The van der Waals surface area contributed by atoms with Crippen LogP contribution in [0.3, 0.4) is 0 Å². The molecule has 4 nitrogen and oxygen atoms in total. The molecule has 92 valence electrons. The van der Waals surface area contributed by atoms with E-state index in [2.05, 4.69) is 28.3 Å². The van der Waals surface area contributed by atoms with Crippen molar-refractivity contribution >= 4 is 0 Å². The van der Waals surface area contributed by atoms with Crippen LogP contribution in [0.25, 0.3) is 0 Å². The maximum atomic E-state index is 5.62. The van der Waals surface area contributed by atoms with E-state index >= 15 is 0 Å². The Hall–Kier alpha value is -0.870. The Bertz CT molecular complexity index is 305. The van der Waals surface area contributed by atoms with Crippen molar-refractivity contribution in [2.75, 3.05) is 26.2 Å². The molecule has 16 heavy (non-hydrogen) atoms. The van der Waals surface area contributed by atoms with E-state index < -0.39 is 0 Å². The van der Waals surface area contributed by atoms with Crippen molar-refractivity contribution in [3.63, 3.8) is 0 Å². The Balaban J connectivity index is 2.23. The van der Waals surface area contributed by atoms with Gasteiger partial charge in [-0.25, -0.2) is 4.98 Å². The van der Waals surface area contributed by atoms with Gasteiger partial charge >= 0.3 is 0 Å². The van der Waals surface area contributed by atoms with Crippen molar-refractivity contribution in [2.24, 2.45) is 7.05 Å². The molecule has 0 bridgehead atoms. The van der Waals surface area contributed by atoms with Gasteiger partial charge in [-0.05, 0) is 20.0 Å². The summed E-state index contributed by atoms with van der Waals surface area (Å²) in [6, 6.07) is 0. The minimum absolute atomic E-state index is 0.603. The fourth-order valence-corrected chi connectivity index (χ4v) is 1.58. The maximum absolute atomic E-state index is 5.62. The largest absolute Gasteiger partial charge is 0.372 e. The number of imidazole rings is 1. The van der Waals surface area contributed by atoms with E-state index in [1.807, 2.05) is 20.2 Å². The summed E-state index contributed by atoms with van der Waals surface area (Å²) < 4.78 is 7.69. The number of hydrogen-bond donors (Lipinski definition) is 0. The van der Waals surface area contributed by atoms with Crippen LogP contribution in [0.4, 0.5) is 0 Å². The predicted molar refractivity (Wildman–Crippen MR) is 65.4 cm³/mol. The van der Waals surface area contributed by atoms with Crippen LogP contribution < -0.4 is 0 Å². The van der Waals surface area contributed by atoms with Gasteiger partial charge in [-0.1, -0.05) is 13.8 Å². The van der Waals surface area contributed by atoms with Crippen molar-refractivity contribution in [3.05, 3.63) is 17.7 Å². The van der Waals surface area contributed by atoms with Gasteiger partial charge in [0.25, 0.3) is 0 Å². The van der Waals surface area contributed by atoms with E-state index in [1.54, 1.807) is 0 Å². The zero-order valence-corrected chi connectivity index (χ0v) is 10.9. The molecule has 0 spiro atoms. The lowest BCUT2D eigenvalue weighted by molar-refractivity contribution is 0.0899. The SMILES string of the molecule is CCN(CC)CCOCc1ncc(C)n1C. The lowest BCUT2D eigenvalue weighted by Gasteiger charge is -2.17. The molecular weight excluding hydrogens is 202 g/mol. The normalized spacial score (nSPS) is 11.3. The Morgan fingerprint density at radius 1 is 1.38 bits per heavy atom. The molecular formula is C12H23N3O. The second-order valence-electron chi connectivity index (χ2n) is 3.95. The monoisotopic (exact) mass is 225 g/mol. The molecule has 0 saturated heterocycles. The van der Waals surface area contributed by atoms with Crippen LogP contribution in [0.1, 0.15) is 25.4 Å². The highest BCUT2D eigenvalue weighted by molar-refractivity contribution is 5.01. The zero-order chi connectivity index (χ0) is 12.0. The Labute approximate surface area is 98.2 Å². The summed E-state index contributed by atoms with van der Waals surface area (Å²) in [4.78, 5) is 6.65. The minimum atomic E-state index is 0.603. The van der Waals surface area contributed by atoms with E-state index in [0.29, 0.717) is 6.61 Å². The van der Waals surface area contributed by atoms with Crippen molar-refractivity contribution < 1.29 is 4.74 Å². The molecule has 1 rings (SSSR count). The number of rotatable bonds is 7. The van der Waals surface area contributed by atoms with Crippen LogP contribution in [-0.2, 0) is 18.4 Å². The van der Waals surface area contributed by atoms with E-state index in [0.717, 1.165) is 32.1 Å². The van der Waals surface area contributed by atoms with Crippen LogP contribution in [0.5, 0.6) is 0 Å². The highest BCUT2D eigenvalue weighted by Gasteiger charge is 2.03. The van der Waals surface area contributed by atoms with Crippen molar-refractivity contribution in [3.8, 4) is 0 Å². The summed E-state index contributed by atoms with van der Waals surface area (Å²) in [5.41, 5.74) is 1.17. The van der Waals surface area contributed by atoms with Gasteiger partial charge in [-0.2, -0.15) is 0 Å². The Morgan fingerprint density at radius 2 is 2.06 bits per heavy atom. The number of nitrogens with zero attached hydrogens (tertiary/aromatic N) is 3. The van der Waals surface area contributed by atoms with Gasteiger partial charge in [-0.15, -0.1) is 0 Å². The third-order valence-corrected chi connectivity index (χ3v) is 2.99. The molecule has 4 heteroatoms. The van der Waals surface area contributed by atoms with Gasteiger partial charge in [0.05, 0.1) is 6.61 Å². The van der Waals surface area contributed by atoms with Crippen LogP contribution in [0, 0.1) is 6.92 Å². The van der Waals surface area contributed by atoms with Gasteiger partial charge < -0.3 is 14.2 Å². The van der Waals surface area contributed by atoms with Crippen molar-refractivity contribution in [1.29, 1.82) is 0 Å². The van der Waals surface area contributed by atoms with Crippen molar-refractivity contribution in [2.45, 2.75) is 27.4 Å². The van der Waals surface area contributed by atoms with Crippen LogP contribution in [-0.4, -0.2) is 40.7 Å². The fraction of sp³-hybridized carbons (Fsp3) is 0.750. The molecule has 0 N–H and O–H groups in total. The van der Waals surface area contributed by atoms with Crippen LogP contribution in [0.2, 0.25) is 0 Å². The molecule has 0 aliphatic carbocycles. The van der Waals surface area contributed by atoms with Gasteiger partial charge in [0, 0.05) is 25.5 Å². The van der Waals surface area contributed by atoms with E-state index in [4.69, 9.17) is 4.74 Å². The average Bonchev–Trinajstić information content (AvgIpc) is 2.61. The molecule has 0 aliphatic rings. The van der Waals surface area contributed by atoms with Gasteiger partial charge in [0.1, 0.15) is 12.4 Å². The second kappa shape index (κ2) is 6.66. The maximum Gasteiger partial charge on any atom is 0.134 e. The topological polar surface area (TPSA) is 30.3 Å². The molecule has 0 unspecified atom stereocenters. The first kappa shape index (κ1) is 13.2. The smallest absolute Gasteiger partial charge is 0.134 e. The number of aromatic nitrogens is 2. The average molecular weight is 225 g/mol. The summed E-state index contributed by atoms with van der Waals surface area (Å²) in [6.45, 7) is 10.9. The third kappa shape index (κ3) is 3.61. The molecule has 1 aromatic heterocycles. The minimum Gasteiger partial charge on any atom is -0.372 e. The predicted octanol–water partition coefficient (Wildman–Crippen LogP) is 1.59. The standard InChI is InChI=1S/C12H23N3O/c1-5-15(6-2)7-8-16-10-12-13-9-11(3)14(12)4/h9H,5-8,10H2,1-4H3. The molecule has 0 aromatic carbocycles. The summed E-state index contributed by atoms with van der Waals surface area (Å²) in [7, 11) is 2.02. The number of aryl methyl sites for hydroxylation is 1. The van der Waals surface area contributed by atoms with Gasteiger partial charge in [-0.3, -0.25) is 0 Å². The molecule has 0 amide bonds. The lowest BCUT2D eigenvalue weighted by Crippen LogP contribution is -2.27. The molecule has 0 saturated carbocycles. The third-order valence-electron chi connectivity index (χ3n) is 2.99. The van der Waals surface area contributed by atoms with E-state index in [1.165, 1.54) is 5.69 Å². The number of likely N-dealkylation sites (N-methyl/N-ethyl adjacent to an activating group) is 1. The molecule has 0 fully saturated rings. The first-order valence-corrected chi connectivity index (χ1v) is 5.96. The lowest BCUT2D eigenvalue weighted by atomic mass is 10.5. The Kier molecular flexibility index (Phi) is 5.49. The summed E-state index contributed by atoms with van der Waals surface area (Å²) in [5, 5.41) is 0. The summed E-state index contributed by atoms with van der Waals surface area (Å²) >= 11 is 0. The Morgan fingerprint density at radius 3 is 2.56 bits per heavy atom. The highest BCUT2D eigenvalue weighted by Crippen LogP contribution is 2.02. The number of hydrogen-bond acceptors (Lipinski definition) is 3. The van der Waals surface area contributed by atoms with Crippen LogP contribution >= 0.6 is 0 Å². The summed E-state index contributed by atoms with van der Waals surface area (Å²) in [6.07, 6.45) is 1.88. The van der Waals surface area contributed by atoms with Crippen LogP contribution in [0.15, 0.2) is 6.20 Å². The van der Waals surface area contributed by atoms with Gasteiger partial charge in [0.2, 0.25) is 0 Å². The van der Waals surface area contributed by atoms with E-state index in [-0.39, 0.29) is 0 Å². The summed E-state index contributed by atoms with van der Waals surface area (Å²) in [5.74, 6) is 0.997. The second-order valence-corrected chi connectivity index (χ2v) is 3.95. The molecule has 1 aromatic rings. The molecule has 0 aliphatic heterocycles. The first-order valence-electron chi connectivity index (χ1n) is 5.96. The molecule has 1 heterocycles. The van der Waals surface area contributed by atoms with E-state index in [9.17, 15) is 0 Å². The molecule has 0 radical (unpaired) electrons. The first-order chi connectivity index (χ1) is 7.69.